The molecule has 15 heavy (non-hydrogen) atoms. The van der Waals surface area contributed by atoms with Gasteiger partial charge in [-0.15, -0.1) is 0 Å². The second-order valence-corrected chi connectivity index (χ2v) is 3.63. The van der Waals surface area contributed by atoms with Gasteiger partial charge in [0.1, 0.15) is 6.04 Å². The third-order valence-electron chi connectivity index (χ3n) is 1.70. The van der Waals surface area contributed by atoms with Gasteiger partial charge in [-0.25, -0.2) is 0 Å². The second kappa shape index (κ2) is 8.87. The van der Waals surface area contributed by atoms with E-state index in [0.29, 0.717) is 25.3 Å². The van der Waals surface area contributed by atoms with Gasteiger partial charge in [0.05, 0.1) is 5.75 Å². The van der Waals surface area contributed by atoms with Gasteiger partial charge in [-0.3, -0.25) is 9.59 Å². The van der Waals surface area contributed by atoms with Crippen molar-refractivity contribution in [2.24, 2.45) is 0 Å². The van der Waals surface area contributed by atoms with E-state index in [4.69, 9.17) is 5.11 Å². The molecule has 0 aliphatic heterocycles. The van der Waals surface area contributed by atoms with E-state index in [1.165, 1.54) is 0 Å². The van der Waals surface area contributed by atoms with Gasteiger partial charge in [-0.1, -0.05) is 0 Å². The fourth-order valence-corrected chi connectivity index (χ4v) is 1.32. The number of hydrogen-bond donors (Lipinski definition) is 5. The molecular weight excluding hydrogens is 236 g/mol. The summed E-state index contributed by atoms with van der Waals surface area (Å²) in [5.74, 6) is -0.419. The normalized spacial score (nSPS) is 12.1. The van der Waals surface area contributed by atoms with E-state index in [1.807, 2.05) is 0 Å². The molecule has 0 saturated heterocycles. The van der Waals surface area contributed by atoms with Crippen LogP contribution in [0.25, 0.3) is 0 Å². The third-order valence-corrected chi connectivity index (χ3v) is 2.24. The van der Waals surface area contributed by atoms with Crippen LogP contribution in [-0.2, 0) is 9.59 Å². The summed E-state index contributed by atoms with van der Waals surface area (Å²) in [5, 5.41) is 14.2. The number of carbonyl (C=O) groups excluding carboxylic acids is 1. The van der Waals surface area contributed by atoms with E-state index in [-0.39, 0.29) is 11.7 Å². The summed E-state index contributed by atoms with van der Waals surface area (Å²) in [6.07, 6.45) is 0.457. The maximum atomic E-state index is 10.8. The molecule has 0 aliphatic rings. The molecule has 0 bridgehead atoms. The first-order valence-corrected chi connectivity index (χ1v) is 5.83. The molecule has 5 nitrogen and oxygen atoms in total. The minimum atomic E-state index is -0.899. The predicted octanol–water partition coefficient (Wildman–Crippen LogP) is -0.605. The number of hydrogen-bond acceptors (Lipinski definition) is 5. The van der Waals surface area contributed by atoms with Crippen molar-refractivity contribution in [3.05, 3.63) is 0 Å². The van der Waals surface area contributed by atoms with E-state index in [0.717, 1.165) is 0 Å². The Bertz CT molecular complexity index is 214. The lowest BCUT2D eigenvalue weighted by Gasteiger charge is -2.13. The highest BCUT2D eigenvalue weighted by atomic mass is 32.1. The van der Waals surface area contributed by atoms with Crippen LogP contribution in [-0.4, -0.2) is 47.6 Å². The highest BCUT2D eigenvalue weighted by Gasteiger charge is 2.14. The van der Waals surface area contributed by atoms with Crippen LogP contribution < -0.4 is 10.6 Å². The molecule has 1 amide bonds. The number of thiol groups is 2. The molecule has 0 heterocycles. The van der Waals surface area contributed by atoms with E-state index >= 15 is 0 Å². The molecule has 0 aromatic heterocycles. The maximum absolute atomic E-state index is 10.8. The van der Waals surface area contributed by atoms with Gasteiger partial charge < -0.3 is 15.7 Å². The fourth-order valence-electron chi connectivity index (χ4n) is 0.946. The molecule has 3 N–H and O–H groups in total. The van der Waals surface area contributed by atoms with Crippen molar-refractivity contribution in [3.8, 4) is 0 Å². The summed E-state index contributed by atoms with van der Waals surface area (Å²) in [6, 6.07) is -0.601. The van der Waals surface area contributed by atoms with Crippen LogP contribution in [0.1, 0.15) is 6.42 Å². The molecule has 0 aliphatic carbocycles. The summed E-state index contributed by atoms with van der Waals surface area (Å²) in [7, 11) is 0. The lowest BCUT2D eigenvalue weighted by atomic mass is 10.2. The monoisotopic (exact) mass is 252 g/mol. The zero-order chi connectivity index (χ0) is 11.7. The first kappa shape index (κ1) is 14.6. The van der Waals surface area contributed by atoms with E-state index in [2.05, 4.69) is 35.9 Å². The Morgan fingerprint density at radius 1 is 1.27 bits per heavy atom. The van der Waals surface area contributed by atoms with E-state index in [1.54, 1.807) is 0 Å². The highest BCUT2D eigenvalue weighted by Crippen LogP contribution is 1.93. The van der Waals surface area contributed by atoms with Gasteiger partial charge in [0.15, 0.2) is 0 Å². The van der Waals surface area contributed by atoms with Crippen molar-refractivity contribution >= 4 is 37.1 Å². The standard InChI is InChI=1S/C8H16N2O3S2/c11-7(5-15)10-3-2-9-6(1-4-14)8(12)13/h6,9,14-15H,1-5H2,(H,10,11)(H,12,13). The number of carboxylic acid groups (broad SMARTS) is 1. The topological polar surface area (TPSA) is 78.4 Å². The number of carbonyl (C=O) groups is 2. The zero-order valence-corrected chi connectivity index (χ0v) is 10.1. The quantitative estimate of drug-likeness (QED) is 0.295. The Morgan fingerprint density at radius 3 is 2.40 bits per heavy atom. The molecule has 0 aromatic carbocycles. The van der Waals surface area contributed by atoms with Gasteiger partial charge >= 0.3 is 5.97 Å². The first-order chi connectivity index (χ1) is 7.11. The van der Waals surface area contributed by atoms with Crippen molar-refractivity contribution in [1.29, 1.82) is 0 Å². The molecule has 0 fully saturated rings. The lowest BCUT2D eigenvalue weighted by Crippen LogP contribution is -2.41. The molecule has 1 atom stereocenters. The minimum Gasteiger partial charge on any atom is -0.480 e. The second-order valence-electron chi connectivity index (χ2n) is 2.87. The Kier molecular flexibility index (Phi) is 8.64. The summed E-state index contributed by atoms with van der Waals surface area (Å²) in [6.45, 7) is 0.819. The molecule has 7 heteroatoms. The van der Waals surface area contributed by atoms with E-state index in [9.17, 15) is 9.59 Å². The van der Waals surface area contributed by atoms with Gasteiger partial charge in [0, 0.05) is 13.1 Å². The fraction of sp³-hybridized carbons (Fsp3) is 0.750. The van der Waals surface area contributed by atoms with Crippen LogP contribution in [0.4, 0.5) is 0 Å². The van der Waals surface area contributed by atoms with Crippen molar-refractivity contribution in [3.63, 3.8) is 0 Å². The van der Waals surface area contributed by atoms with Crippen molar-refractivity contribution < 1.29 is 14.7 Å². The van der Waals surface area contributed by atoms with Crippen molar-refractivity contribution in [2.75, 3.05) is 24.6 Å². The molecule has 88 valence electrons. The molecule has 1 unspecified atom stereocenters. The molecule has 0 spiro atoms. The minimum absolute atomic E-state index is 0.138. The predicted molar refractivity (Wildman–Crippen MR) is 64.8 cm³/mol. The third kappa shape index (κ3) is 7.52. The maximum Gasteiger partial charge on any atom is 0.320 e. The Labute approximate surface area is 99.8 Å². The highest BCUT2D eigenvalue weighted by molar-refractivity contribution is 7.81. The number of aliphatic carboxylic acids is 1. The van der Waals surface area contributed by atoms with Crippen LogP contribution in [0.5, 0.6) is 0 Å². The van der Waals surface area contributed by atoms with Crippen LogP contribution in [0.2, 0.25) is 0 Å². The molecule has 0 rings (SSSR count). The molecular formula is C8H16N2O3S2. The number of carboxylic acids is 1. The summed E-state index contributed by atoms with van der Waals surface area (Å²) in [5.41, 5.74) is 0. The van der Waals surface area contributed by atoms with Crippen LogP contribution in [0.15, 0.2) is 0 Å². The first-order valence-electron chi connectivity index (χ1n) is 4.56. The zero-order valence-electron chi connectivity index (χ0n) is 8.27. The smallest absolute Gasteiger partial charge is 0.320 e. The number of nitrogens with one attached hydrogen (secondary N) is 2. The Hall–Kier alpha value is -0.400. The Balaban J connectivity index is 3.62. The number of amides is 1. The average molecular weight is 252 g/mol. The summed E-state index contributed by atoms with van der Waals surface area (Å²) >= 11 is 7.75. The van der Waals surface area contributed by atoms with Gasteiger partial charge in [0.25, 0.3) is 0 Å². The average Bonchev–Trinajstić information content (AvgIpc) is 2.21. The van der Waals surface area contributed by atoms with Crippen LogP contribution in [0, 0.1) is 0 Å². The molecule has 0 saturated carbocycles. The lowest BCUT2D eigenvalue weighted by molar-refractivity contribution is -0.139. The van der Waals surface area contributed by atoms with Gasteiger partial charge in [-0.2, -0.15) is 25.3 Å². The summed E-state index contributed by atoms with van der Waals surface area (Å²) in [4.78, 5) is 21.4. The van der Waals surface area contributed by atoms with Crippen molar-refractivity contribution in [1.82, 2.24) is 10.6 Å². The Morgan fingerprint density at radius 2 is 1.93 bits per heavy atom. The van der Waals surface area contributed by atoms with Crippen LogP contribution >= 0.6 is 25.3 Å². The van der Waals surface area contributed by atoms with Gasteiger partial charge in [-0.05, 0) is 12.2 Å². The molecule has 0 radical (unpaired) electrons. The van der Waals surface area contributed by atoms with E-state index < -0.39 is 12.0 Å². The summed E-state index contributed by atoms with van der Waals surface area (Å²) < 4.78 is 0. The largest absolute Gasteiger partial charge is 0.480 e. The number of rotatable bonds is 8. The van der Waals surface area contributed by atoms with Gasteiger partial charge in [0.2, 0.25) is 5.91 Å². The SMILES string of the molecule is O=C(CS)NCCNC(CCS)C(=O)O. The molecule has 0 aromatic rings. The van der Waals surface area contributed by atoms with Crippen molar-refractivity contribution in [2.45, 2.75) is 12.5 Å². The van der Waals surface area contributed by atoms with Crippen LogP contribution in [0.3, 0.4) is 0 Å².